The lowest BCUT2D eigenvalue weighted by atomic mass is 10.0. The number of likely N-dealkylation sites (N-methyl/N-ethyl adjacent to an activating group) is 1. The van der Waals surface area contributed by atoms with Crippen molar-refractivity contribution < 1.29 is 94.0 Å². The Morgan fingerprint density at radius 3 is 2.34 bits per heavy atom. The van der Waals surface area contributed by atoms with Gasteiger partial charge in [-0.25, -0.2) is 42.9 Å². The second-order valence-electron chi connectivity index (χ2n) is 21.0. The molecular formula is C51H61F2N13O19P2S2. The number of halogens is 2. The van der Waals surface area contributed by atoms with Crippen molar-refractivity contribution in [1.82, 2.24) is 54.5 Å². The van der Waals surface area contributed by atoms with Gasteiger partial charge in [-0.05, 0) is 55.2 Å². The number of thiol groups is 1. The van der Waals surface area contributed by atoms with Crippen molar-refractivity contribution in [1.29, 1.82) is 0 Å². The molecule has 4 aliphatic heterocycles. The van der Waals surface area contributed by atoms with Gasteiger partial charge in [0.25, 0.3) is 17.4 Å². The summed E-state index contributed by atoms with van der Waals surface area (Å²) in [6.45, 7) is -6.04. The van der Waals surface area contributed by atoms with Crippen molar-refractivity contribution in [2.45, 2.75) is 114 Å². The Labute approximate surface area is 513 Å². The van der Waals surface area contributed by atoms with Gasteiger partial charge < -0.3 is 63.9 Å². The third-order valence-corrected chi connectivity index (χ3v) is 17.5. The first kappa shape index (κ1) is 66.2. The average Bonchev–Trinajstić information content (AvgIpc) is 1.67. The van der Waals surface area contributed by atoms with E-state index >= 15 is 8.78 Å². The molecule has 32 nitrogen and oxygen atoms in total. The lowest BCUT2D eigenvalue weighted by molar-refractivity contribution is -0.137. The predicted molar refractivity (Wildman–Crippen MR) is 311 cm³/mol. The molecule has 2 bridgehead atoms. The molecule has 1 aromatic carbocycles. The maximum Gasteiger partial charge on any atom is 0.412 e. The number of ether oxygens (including phenoxy) is 4. The Bertz CT molecular complexity index is 3680. The number of carbonyl (C=O) groups is 7. The zero-order valence-electron chi connectivity index (χ0n) is 47.6. The van der Waals surface area contributed by atoms with Gasteiger partial charge in [-0.3, -0.25) is 57.1 Å². The zero-order chi connectivity index (χ0) is 64.1. The summed E-state index contributed by atoms with van der Waals surface area (Å²) < 4.78 is 92.6. The van der Waals surface area contributed by atoms with Crippen LogP contribution in [-0.2, 0) is 84.0 Å². The van der Waals surface area contributed by atoms with Crippen LogP contribution in [0.1, 0.15) is 64.5 Å². The number of aromatic nitrogens is 7. The monoisotopic (exact) mass is 1320 g/mol. The quantitative estimate of drug-likeness (QED) is 0.0240. The maximum atomic E-state index is 16.7. The number of aliphatic hydroxyl groups is 1. The first-order valence-electron chi connectivity index (χ1n) is 27.5. The average molecular weight is 1320 g/mol. The van der Waals surface area contributed by atoms with E-state index in [1.807, 2.05) is 0 Å². The number of carbonyl (C=O) groups excluding carboxylic acids is 7. The van der Waals surface area contributed by atoms with Crippen molar-refractivity contribution in [3.05, 3.63) is 83.3 Å². The van der Waals surface area contributed by atoms with Gasteiger partial charge in [0.05, 0.1) is 32.4 Å². The van der Waals surface area contributed by atoms with Crippen LogP contribution in [-0.4, -0.2) is 184 Å². The number of aromatic amines is 1. The SMILES string of the molecule is CC(C)[C@H](NC(=O)CCCCCN1C(=O)C=CC1=O)C(=O)N[C@@H](C)C(=O)Nc1ccc(COC(=O)N(C)CCOC(=O)Nc2ncnc3c2ncn3[C@@H]2O[C@@H]3COP(=O)(S)O[C@@H]4[C@H](O)[C@@H](COP(O)(=S)O[C@H]3[C@H]2F)O[C@H]4n2cc(F)c3c(=O)[nH]cnc32)cc1. The fourth-order valence-corrected chi connectivity index (χ4v) is 12.6. The fraction of sp³-hybridized carbons (Fsp3) is 0.490. The molecule has 0 saturated carbocycles. The number of nitrogens with zero attached hydrogens (tertiary/aromatic N) is 8. The highest BCUT2D eigenvalue weighted by atomic mass is 32.7. The normalized spacial score (nSPS) is 26.0. The molecule has 4 aromatic heterocycles. The number of hydrogen-bond donors (Lipinski definition) is 8. The van der Waals surface area contributed by atoms with Crippen LogP contribution in [0.2, 0.25) is 0 Å². The second-order valence-corrected chi connectivity index (χ2v) is 26.7. The molecule has 5 aromatic rings. The number of imide groups is 1. The first-order chi connectivity index (χ1) is 42.3. The molecule has 89 heavy (non-hydrogen) atoms. The lowest BCUT2D eigenvalue weighted by Gasteiger charge is -2.27. The number of rotatable bonds is 20. The standard InChI is InChI=1S/C51H61F2N13O19P2S2/c1-25(2)37(61-32(67)8-6-5-7-15-64-33(68)13-14-34(64)69)47(73)59-26(3)45(71)60-28-11-9-27(10-12-28)19-79-51(75)63(4)16-17-78-50(74)62-42-38-44(56-22-54-42)66(24-58-38)48-36(53)40-31(83-48)21-81-87(77,89)85-41-39(70)30(20-80-86(76,88)84-40)82-49(41)65-18-29(52)35-43(65)55-23-57-46(35)72/h9-14,18,22-26,30-31,36-37,39-41,48-49,70H,5-8,15-17,19-21H2,1-4H3,(H,59,73)(H,60,71)(H,61,67)(H,76,88)(H,77,89)(H,55,57,72)(H,54,56,62,74)/t26-,30+,31+,36+,37-,39+,40+,41+,48+,49+,86?,87?/m0/s1. The van der Waals surface area contributed by atoms with Crippen molar-refractivity contribution in [2.75, 3.05) is 50.6 Å². The van der Waals surface area contributed by atoms with Crippen LogP contribution in [0.5, 0.6) is 0 Å². The Morgan fingerprint density at radius 1 is 0.888 bits per heavy atom. The number of imidazole rings is 1. The summed E-state index contributed by atoms with van der Waals surface area (Å²) in [5, 5.41) is 21.3. The number of anilines is 2. The molecule has 0 spiro atoms. The van der Waals surface area contributed by atoms with Gasteiger partial charge >= 0.3 is 25.7 Å². The zero-order valence-corrected chi connectivity index (χ0v) is 51.1. The van der Waals surface area contributed by atoms with E-state index in [0.29, 0.717) is 30.5 Å². The number of benzene rings is 1. The predicted octanol–water partition coefficient (Wildman–Crippen LogP) is 3.16. The van der Waals surface area contributed by atoms with Crippen LogP contribution in [0.4, 0.5) is 29.9 Å². The number of hydrogen-bond acceptors (Lipinski definition) is 23. The molecular weight excluding hydrogens is 1260 g/mol. The summed E-state index contributed by atoms with van der Waals surface area (Å²) in [4.78, 5) is 133. The number of fused-ring (bicyclic) bond motifs is 5. The molecule has 9 rings (SSSR count). The van der Waals surface area contributed by atoms with E-state index in [1.54, 1.807) is 38.1 Å². The molecule has 480 valence electrons. The van der Waals surface area contributed by atoms with Crippen molar-refractivity contribution >= 4 is 113 Å². The smallest absolute Gasteiger partial charge is 0.412 e. The highest BCUT2D eigenvalue weighted by molar-refractivity contribution is 8.44. The number of amides is 7. The molecule has 7 N–H and O–H groups in total. The molecule has 4 aliphatic rings. The van der Waals surface area contributed by atoms with Gasteiger partial charge in [0, 0.05) is 44.0 Å². The van der Waals surface area contributed by atoms with Crippen LogP contribution < -0.4 is 26.8 Å². The van der Waals surface area contributed by atoms with Crippen LogP contribution in [0.3, 0.4) is 0 Å². The molecule has 0 aliphatic carbocycles. The van der Waals surface area contributed by atoms with Crippen LogP contribution in [0.25, 0.3) is 22.2 Å². The van der Waals surface area contributed by atoms with Crippen molar-refractivity contribution in [2.24, 2.45) is 5.92 Å². The largest absolute Gasteiger partial charge is 0.447 e. The Kier molecular flexibility index (Phi) is 21.1. The second kappa shape index (κ2) is 28.3. The van der Waals surface area contributed by atoms with E-state index in [0.717, 1.165) is 44.1 Å². The summed E-state index contributed by atoms with van der Waals surface area (Å²) in [6.07, 6.45) is -7.39. The summed E-state index contributed by atoms with van der Waals surface area (Å²) in [7, 11) is 1.40. The van der Waals surface area contributed by atoms with Gasteiger partial charge in [-0.2, -0.15) is 0 Å². The van der Waals surface area contributed by atoms with Gasteiger partial charge in [0.2, 0.25) is 17.7 Å². The number of unbranched alkanes of at least 4 members (excludes halogenated alkanes) is 2. The Morgan fingerprint density at radius 2 is 1.61 bits per heavy atom. The molecule has 12 atom stereocenters. The molecule has 3 fully saturated rings. The topological polar surface area (TPSA) is 400 Å². The van der Waals surface area contributed by atoms with E-state index in [1.165, 1.54) is 26.1 Å². The van der Waals surface area contributed by atoms with Crippen molar-refractivity contribution in [3.8, 4) is 0 Å². The molecule has 0 radical (unpaired) electrons. The summed E-state index contributed by atoms with van der Waals surface area (Å²) in [5.74, 6) is -3.71. The minimum atomic E-state index is -4.62. The van der Waals surface area contributed by atoms with E-state index in [2.05, 4.69) is 58.4 Å². The first-order valence-corrected chi connectivity index (χ1v) is 32.8. The summed E-state index contributed by atoms with van der Waals surface area (Å²) >= 11 is 9.29. The summed E-state index contributed by atoms with van der Waals surface area (Å²) in [5.41, 5.74) is -0.317. The van der Waals surface area contributed by atoms with Crippen LogP contribution in [0, 0.1) is 11.7 Å². The highest BCUT2D eigenvalue weighted by Crippen LogP contribution is 2.58. The van der Waals surface area contributed by atoms with E-state index in [9.17, 15) is 52.9 Å². The van der Waals surface area contributed by atoms with Crippen LogP contribution >= 0.6 is 25.8 Å². The van der Waals surface area contributed by atoms with Gasteiger partial charge in [0.15, 0.2) is 47.1 Å². The third-order valence-electron chi connectivity index (χ3n) is 14.3. The Hall–Kier alpha value is -7.21. The van der Waals surface area contributed by atoms with E-state index in [4.69, 9.17) is 48.8 Å². The van der Waals surface area contributed by atoms with Gasteiger partial charge in [0.1, 0.15) is 67.5 Å². The van der Waals surface area contributed by atoms with Crippen molar-refractivity contribution in [3.63, 3.8) is 0 Å². The fourth-order valence-electron chi connectivity index (χ4n) is 9.67. The number of alkyl halides is 1. The van der Waals surface area contributed by atoms with E-state index < -0.39 is 129 Å². The minimum Gasteiger partial charge on any atom is -0.447 e. The lowest BCUT2D eigenvalue weighted by Crippen LogP contribution is -2.53. The molecule has 38 heteroatoms. The van der Waals surface area contributed by atoms with Gasteiger partial charge in [-0.1, -0.05) is 44.6 Å². The Balaban J connectivity index is 0.716. The number of nitrogens with one attached hydrogen (secondary N) is 5. The number of H-pyrrole nitrogens is 1. The van der Waals surface area contributed by atoms with E-state index in [-0.39, 0.29) is 79.0 Å². The van der Waals surface area contributed by atoms with Gasteiger partial charge in [-0.15, -0.1) is 0 Å². The molecule has 3 saturated heterocycles. The highest BCUT2D eigenvalue weighted by Gasteiger charge is 2.54. The molecule has 7 amide bonds. The number of aliphatic hydroxyl groups excluding tert-OH is 1. The summed E-state index contributed by atoms with van der Waals surface area (Å²) in [6, 6.07) is 4.40. The maximum absolute atomic E-state index is 16.7. The molecule has 2 unspecified atom stereocenters. The third kappa shape index (κ3) is 15.9. The molecule has 8 heterocycles. The van der Waals surface area contributed by atoms with Crippen LogP contribution in [0.15, 0.2) is 66.4 Å². The minimum absolute atomic E-state index is 0.0786.